The number of amides is 1. The van der Waals surface area contributed by atoms with Crippen molar-refractivity contribution in [3.05, 3.63) is 84.4 Å². The fourth-order valence-electron chi connectivity index (χ4n) is 3.41. The van der Waals surface area contributed by atoms with Crippen molar-refractivity contribution in [3.8, 4) is 17.0 Å². The summed E-state index contributed by atoms with van der Waals surface area (Å²) < 4.78 is 5.28. The Hall–Kier alpha value is -3.18. The van der Waals surface area contributed by atoms with Crippen molar-refractivity contribution >= 4 is 28.6 Å². The van der Waals surface area contributed by atoms with Gasteiger partial charge in [-0.1, -0.05) is 48.5 Å². The third-order valence-electron chi connectivity index (χ3n) is 4.92. The monoisotopic (exact) mass is 416 g/mol. The molecule has 3 aromatic carbocycles. The van der Waals surface area contributed by atoms with E-state index in [0.29, 0.717) is 13.0 Å². The molecule has 1 heterocycles. The van der Waals surface area contributed by atoms with Crippen LogP contribution in [0.4, 0.5) is 0 Å². The maximum atomic E-state index is 12.2. The molecule has 4 aromatic rings. The first kappa shape index (κ1) is 20.1. The molecule has 5 heteroatoms. The number of carbonyl (C=O) groups excluding carboxylic acids is 1. The SMILES string of the molecule is COc1ccc(-c2[nH]c3ccccc3c2SCCNC(=O)Cc2ccccc2)cc1. The van der Waals surface area contributed by atoms with Crippen molar-refractivity contribution in [2.45, 2.75) is 11.3 Å². The summed E-state index contributed by atoms with van der Waals surface area (Å²) in [5.74, 6) is 1.69. The molecule has 0 aliphatic heterocycles. The topological polar surface area (TPSA) is 54.1 Å². The summed E-state index contributed by atoms with van der Waals surface area (Å²) in [7, 11) is 1.67. The fraction of sp³-hybridized carbons (Fsp3) is 0.160. The van der Waals surface area contributed by atoms with Crippen molar-refractivity contribution in [1.82, 2.24) is 10.3 Å². The lowest BCUT2D eigenvalue weighted by atomic mass is 10.1. The van der Waals surface area contributed by atoms with E-state index in [2.05, 4.69) is 40.6 Å². The highest BCUT2D eigenvalue weighted by Crippen LogP contribution is 2.37. The number of aromatic amines is 1. The van der Waals surface area contributed by atoms with Gasteiger partial charge < -0.3 is 15.0 Å². The van der Waals surface area contributed by atoms with E-state index in [1.54, 1.807) is 18.9 Å². The molecular weight excluding hydrogens is 392 g/mol. The standard InChI is InChI=1S/C25H24N2O2S/c1-29-20-13-11-19(12-14-20)24-25(21-9-5-6-10-22(21)27-24)30-16-15-26-23(28)17-18-7-3-2-4-8-18/h2-14,27H,15-17H2,1H3,(H,26,28). The zero-order valence-electron chi connectivity index (χ0n) is 16.9. The maximum Gasteiger partial charge on any atom is 0.224 e. The highest BCUT2D eigenvalue weighted by Gasteiger charge is 2.14. The van der Waals surface area contributed by atoms with Gasteiger partial charge in [0.15, 0.2) is 0 Å². The molecule has 0 fully saturated rings. The smallest absolute Gasteiger partial charge is 0.224 e. The zero-order chi connectivity index (χ0) is 20.8. The molecule has 0 radical (unpaired) electrons. The Balaban J connectivity index is 1.44. The maximum absolute atomic E-state index is 12.2. The van der Waals surface area contributed by atoms with Gasteiger partial charge in [-0.15, -0.1) is 11.8 Å². The van der Waals surface area contributed by atoms with Gasteiger partial charge in [0.05, 0.1) is 19.2 Å². The fourth-order valence-corrected chi connectivity index (χ4v) is 4.47. The minimum Gasteiger partial charge on any atom is -0.497 e. The van der Waals surface area contributed by atoms with Crippen molar-refractivity contribution < 1.29 is 9.53 Å². The van der Waals surface area contributed by atoms with E-state index in [9.17, 15) is 4.79 Å². The Morgan fingerprint density at radius 3 is 2.47 bits per heavy atom. The Morgan fingerprint density at radius 1 is 0.967 bits per heavy atom. The molecule has 0 bridgehead atoms. The average Bonchev–Trinajstić information content (AvgIpc) is 3.16. The summed E-state index contributed by atoms with van der Waals surface area (Å²) in [4.78, 5) is 16.9. The number of methoxy groups -OCH3 is 1. The second kappa shape index (κ2) is 9.55. The van der Waals surface area contributed by atoms with Gasteiger partial charge in [0.25, 0.3) is 0 Å². The first-order valence-electron chi connectivity index (χ1n) is 9.93. The number of carbonyl (C=O) groups is 1. The van der Waals surface area contributed by atoms with Gasteiger partial charge in [0.1, 0.15) is 5.75 Å². The summed E-state index contributed by atoms with van der Waals surface area (Å²) in [5, 5.41) is 4.23. The molecule has 0 spiro atoms. The predicted molar refractivity (Wildman–Crippen MR) is 124 cm³/mol. The number of para-hydroxylation sites is 1. The lowest BCUT2D eigenvalue weighted by molar-refractivity contribution is -0.120. The molecule has 30 heavy (non-hydrogen) atoms. The molecule has 1 aromatic heterocycles. The minimum absolute atomic E-state index is 0.0519. The molecule has 0 unspecified atom stereocenters. The molecule has 0 aliphatic carbocycles. The van der Waals surface area contributed by atoms with Gasteiger partial charge in [-0.2, -0.15) is 0 Å². The number of thioether (sulfide) groups is 1. The second-order valence-electron chi connectivity index (χ2n) is 6.96. The Morgan fingerprint density at radius 2 is 1.70 bits per heavy atom. The van der Waals surface area contributed by atoms with Crippen LogP contribution in [0.2, 0.25) is 0 Å². The van der Waals surface area contributed by atoms with Gasteiger partial charge in [-0.3, -0.25) is 4.79 Å². The molecule has 152 valence electrons. The van der Waals surface area contributed by atoms with Crippen LogP contribution in [-0.4, -0.2) is 30.3 Å². The van der Waals surface area contributed by atoms with E-state index in [1.165, 1.54) is 10.3 Å². The largest absolute Gasteiger partial charge is 0.497 e. The zero-order valence-corrected chi connectivity index (χ0v) is 17.7. The Labute approximate surface area is 180 Å². The number of fused-ring (bicyclic) bond motifs is 1. The lowest BCUT2D eigenvalue weighted by Crippen LogP contribution is -2.27. The van der Waals surface area contributed by atoms with Crippen LogP contribution in [0.25, 0.3) is 22.2 Å². The van der Waals surface area contributed by atoms with Gasteiger partial charge in [-0.05, 0) is 41.5 Å². The van der Waals surface area contributed by atoms with Gasteiger partial charge in [0.2, 0.25) is 5.91 Å². The molecule has 0 saturated carbocycles. The van der Waals surface area contributed by atoms with Crippen LogP contribution in [0.3, 0.4) is 0 Å². The van der Waals surface area contributed by atoms with Crippen LogP contribution < -0.4 is 10.1 Å². The number of benzene rings is 3. The van der Waals surface area contributed by atoms with E-state index in [4.69, 9.17) is 4.74 Å². The normalized spacial score (nSPS) is 10.8. The van der Waals surface area contributed by atoms with E-state index in [-0.39, 0.29) is 5.91 Å². The average molecular weight is 417 g/mol. The summed E-state index contributed by atoms with van der Waals surface area (Å²) in [6, 6.07) is 26.2. The van der Waals surface area contributed by atoms with Crippen LogP contribution in [0.1, 0.15) is 5.56 Å². The third kappa shape index (κ3) is 4.69. The number of aromatic nitrogens is 1. The first-order chi connectivity index (χ1) is 14.7. The number of ether oxygens (including phenoxy) is 1. The second-order valence-corrected chi connectivity index (χ2v) is 8.07. The molecule has 2 N–H and O–H groups in total. The summed E-state index contributed by atoms with van der Waals surface area (Å²) in [6.45, 7) is 0.623. The number of nitrogens with one attached hydrogen (secondary N) is 2. The summed E-state index contributed by atoms with van der Waals surface area (Å²) >= 11 is 1.76. The van der Waals surface area contributed by atoms with Crippen molar-refractivity contribution in [1.29, 1.82) is 0 Å². The van der Waals surface area contributed by atoms with Gasteiger partial charge in [0, 0.05) is 28.1 Å². The van der Waals surface area contributed by atoms with Crippen molar-refractivity contribution in [3.63, 3.8) is 0 Å². The number of hydrogen-bond acceptors (Lipinski definition) is 3. The van der Waals surface area contributed by atoms with Crippen molar-refractivity contribution in [2.24, 2.45) is 0 Å². The summed E-state index contributed by atoms with van der Waals surface area (Å²) in [5.41, 5.74) is 4.35. The van der Waals surface area contributed by atoms with Crippen LogP contribution in [-0.2, 0) is 11.2 Å². The number of H-pyrrole nitrogens is 1. The van der Waals surface area contributed by atoms with E-state index in [0.717, 1.165) is 33.8 Å². The van der Waals surface area contributed by atoms with E-state index < -0.39 is 0 Å². The molecule has 4 nitrogen and oxygen atoms in total. The van der Waals surface area contributed by atoms with E-state index >= 15 is 0 Å². The van der Waals surface area contributed by atoms with Crippen LogP contribution in [0.5, 0.6) is 5.75 Å². The molecule has 0 saturated heterocycles. The third-order valence-corrected chi connectivity index (χ3v) is 6.04. The highest BCUT2D eigenvalue weighted by atomic mass is 32.2. The molecule has 4 rings (SSSR count). The molecule has 1 amide bonds. The molecule has 0 atom stereocenters. The van der Waals surface area contributed by atoms with Crippen LogP contribution in [0, 0.1) is 0 Å². The molecular formula is C25H24N2O2S. The quantitative estimate of drug-likeness (QED) is 0.303. The van der Waals surface area contributed by atoms with E-state index in [1.807, 2.05) is 48.5 Å². The number of hydrogen-bond donors (Lipinski definition) is 2. The molecule has 0 aliphatic rings. The highest BCUT2D eigenvalue weighted by molar-refractivity contribution is 7.99. The van der Waals surface area contributed by atoms with Crippen molar-refractivity contribution in [2.75, 3.05) is 19.4 Å². The van der Waals surface area contributed by atoms with Crippen LogP contribution >= 0.6 is 11.8 Å². The minimum atomic E-state index is 0.0519. The van der Waals surface area contributed by atoms with Gasteiger partial charge in [-0.25, -0.2) is 0 Å². The Bertz CT molecular complexity index is 1120. The van der Waals surface area contributed by atoms with Gasteiger partial charge >= 0.3 is 0 Å². The summed E-state index contributed by atoms with van der Waals surface area (Å²) in [6.07, 6.45) is 0.412. The first-order valence-corrected chi connectivity index (χ1v) is 10.9. The number of rotatable bonds is 8. The predicted octanol–water partition coefficient (Wildman–Crippen LogP) is 5.29. The van der Waals surface area contributed by atoms with Crippen LogP contribution in [0.15, 0.2) is 83.8 Å². The Kier molecular flexibility index (Phi) is 6.40. The lowest BCUT2D eigenvalue weighted by Gasteiger charge is -2.08.